The van der Waals surface area contributed by atoms with Gasteiger partial charge < -0.3 is 33.8 Å². The molecule has 0 aromatic rings. The number of phosphoric ester groups is 2. The second-order valence-corrected chi connectivity index (χ2v) is 25.8. The maximum absolute atomic E-state index is 13.0. The van der Waals surface area contributed by atoms with Gasteiger partial charge >= 0.3 is 39.5 Å². The molecule has 0 bridgehead atoms. The van der Waals surface area contributed by atoms with Crippen molar-refractivity contribution in [3.63, 3.8) is 0 Å². The summed E-state index contributed by atoms with van der Waals surface area (Å²) in [6.07, 6.45) is 39.3. The summed E-state index contributed by atoms with van der Waals surface area (Å²) >= 11 is 0. The van der Waals surface area contributed by atoms with E-state index in [1.165, 1.54) is 128 Å². The van der Waals surface area contributed by atoms with E-state index in [1.54, 1.807) is 0 Å². The van der Waals surface area contributed by atoms with Crippen LogP contribution in [0.3, 0.4) is 0 Å². The van der Waals surface area contributed by atoms with Gasteiger partial charge in [-0.25, -0.2) is 9.13 Å². The molecule has 81 heavy (non-hydrogen) atoms. The quantitative estimate of drug-likeness (QED) is 0.0222. The molecule has 0 aromatic heterocycles. The number of rotatable bonds is 62. The van der Waals surface area contributed by atoms with E-state index in [1.807, 2.05) is 0 Å². The van der Waals surface area contributed by atoms with Crippen molar-refractivity contribution >= 4 is 39.5 Å². The van der Waals surface area contributed by atoms with Crippen molar-refractivity contribution < 1.29 is 80.2 Å². The predicted octanol–water partition coefficient (Wildman–Crippen LogP) is 17.0. The molecule has 2 unspecified atom stereocenters. The number of aliphatic hydroxyl groups excluding tert-OH is 1. The van der Waals surface area contributed by atoms with Crippen molar-refractivity contribution in [2.45, 2.75) is 329 Å². The average molecular weight is 1200 g/mol. The van der Waals surface area contributed by atoms with E-state index < -0.39 is 97.5 Å². The molecule has 0 aliphatic rings. The number of carbonyl (C=O) groups is 4. The van der Waals surface area contributed by atoms with Crippen LogP contribution in [0.25, 0.3) is 0 Å². The summed E-state index contributed by atoms with van der Waals surface area (Å²) in [4.78, 5) is 71.9. The van der Waals surface area contributed by atoms with E-state index >= 15 is 0 Å². The van der Waals surface area contributed by atoms with Gasteiger partial charge in [0.25, 0.3) is 0 Å². The lowest BCUT2D eigenvalue weighted by molar-refractivity contribution is -0.161. The van der Waals surface area contributed by atoms with Crippen LogP contribution in [0, 0.1) is 5.92 Å². The van der Waals surface area contributed by atoms with Crippen molar-refractivity contribution in [1.82, 2.24) is 0 Å². The highest BCUT2D eigenvalue weighted by Gasteiger charge is 2.30. The standard InChI is InChI=1S/C62H120O17P2/c1-6-9-12-15-17-19-21-23-25-27-31-36-41-46-60(65)73-52-58(79-61(66)47-42-37-32-28-26-24-22-20-18-16-13-10-7-2)54-77-81(70,71)75-50-56(63)49-74-80(68,69)76-53-57(51-72-59(64)45-40-34-14-11-8-3)78-62(67)48-43-38-33-29-30-35-39-44-55(4)5/h55-58,63H,6-54H2,1-5H3,(H,68,69)(H,70,71)/t56-,57+,58+/m0/s1. The van der Waals surface area contributed by atoms with Crippen molar-refractivity contribution in [1.29, 1.82) is 0 Å². The third-order valence-electron chi connectivity index (χ3n) is 14.3. The largest absolute Gasteiger partial charge is 0.472 e. The molecule has 0 aliphatic heterocycles. The molecule has 0 radical (unpaired) electrons. The van der Waals surface area contributed by atoms with Crippen LogP contribution in [0.5, 0.6) is 0 Å². The molecule has 3 N–H and O–H groups in total. The highest BCUT2D eigenvalue weighted by Crippen LogP contribution is 2.45. The zero-order valence-electron chi connectivity index (χ0n) is 51.9. The Morgan fingerprint density at radius 1 is 0.333 bits per heavy atom. The summed E-state index contributed by atoms with van der Waals surface area (Å²) in [6.45, 7) is 7.03. The summed E-state index contributed by atoms with van der Waals surface area (Å²) in [6, 6.07) is 0. The topological polar surface area (TPSA) is 237 Å². The zero-order chi connectivity index (χ0) is 59.9. The van der Waals surface area contributed by atoms with Gasteiger partial charge in [-0.3, -0.25) is 37.3 Å². The van der Waals surface area contributed by atoms with Gasteiger partial charge in [0.2, 0.25) is 0 Å². The third-order valence-corrected chi connectivity index (χ3v) is 16.2. The number of unbranched alkanes of at least 4 members (excludes halogenated alkanes) is 34. The highest BCUT2D eigenvalue weighted by atomic mass is 31.2. The minimum Gasteiger partial charge on any atom is -0.462 e. The lowest BCUT2D eigenvalue weighted by atomic mass is 10.0. The smallest absolute Gasteiger partial charge is 0.462 e. The molecule has 0 spiro atoms. The molecule has 0 saturated carbocycles. The molecule has 0 aromatic carbocycles. The van der Waals surface area contributed by atoms with E-state index in [-0.39, 0.29) is 25.7 Å². The normalized spacial score (nSPS) is 14.3. The minimum absolute atomic E-state index is 0.103. The van der Waals surface area contributed by atoms with E-state index in [2.05, 4.69) is 34.6 Å². The van der Waals surface area contributed by atoms with Gasteiger partial charge in [-0.1, -0.05) is 259 Å². The fourth-order valence-corrected chi connectivity index (χ4v) is 10.8. The first kappa shape index (κ1) is 79.1. The van der Waals surface area contributed by atoms with Crippen LogP contribution in [0.15, 0.2) is 0 Å². The number of hydrogen-bond acceptors (Lipinski definition) is 15. The van der Waals surface area contributed by atoms with Gasteiger partial charge in [-0.05, 0) is 31.6 Å². The van der Waals surface area contributed by atoms with Crippen LogP contribution in [0.1, 0.15) is 311 Å². The predicted molar refractivity (Wildman–Crippen MR) is 322 cm³/mol. The fraction of sp³-hybridized carbons (Fsp3) is 0.935. The van der Waals surface area contributed by atoms with Crippen molar-refractivity contribution in [2.75, 3.05) is 39.6 Å². The first-order valence-corrected chi connectivity index (χ1v) is 35.6. The summed E-state index contributed by atoms with van der Waals surface area (Å²) in [5.74, 6) is -1.45. The van der Waals surface area contributed by atoms with Gasteiger partial charge in [0.15, 0.2) is 12.2 Å². The van der Waals surface area contributed by atoms with E-state index in [4.69, 9.17) is 37.0 Å². The molecular weight excluding hydrogens is 1080 g/mol. The summed E-state index contributed by atoms with van der Waals surface area (Å²) in [5.41, 5.74) is 0. The van der Waals surface area contributed by atoms with Crippen LogP contribution in [0.4, 0.5) is 0 Å². The van der Waals surface area contributed by atoms with Crippen LogP contribution in [0.2, 0.25) is 0 Å². The van der Waals surface area contributed by atoms with E-state index in [0.29, 0.717) is 31.6 Å². The van der Waals surface area contributed by atoms with Gasteiger partial charge in [-0.15, -0.1) is 0 Å². The Morgan fingerprint density at radius 2 is 0.568 bits per heavy atom. The highest BCUT2D eigenvalue weighted by molar-refractivity contribution is 7.47. The lowest BCUT2D eigenvalue weighted by Crippen LogP contribution is -2.30. The Hall–Kier alpha value is -1.94. The Morgan fingerprint density at radius 3 is 0.840 bits per heavy atom. The summed E-state index contributed by atoms with van der Waals surface area (Å²) < 4.78 is 67.7. The Balaban J connectivity index is 5.18. The van der Waals surface area contributed by atoms with Gasteiger partial charge in [0.1, 0.15) is 19.3 Å². The van der Waals surface area contributed by atoms with Crippen LogP contribution < -0.4 is 0 Å². The first-order chi connectivity index (χ1) is 39.0. The van der Waals surface area contributed by atoms with E-state index in [0.717, 1.165) is 96.3 Å². The number of carbonyl (C=O) groups excluding carboxylic acids is 4. The number of phosphoric acid groups is 2. The molecule has 0 fully saturated rings. The van der Waals surface area contributed by atoms with Crippen molar-refractivity contribution in [3.8, 4) is 0 Å². The van der Waals surface area contributed by atoms with Crippen LogP contribution in [-0.4, -0.2) is 96.7 Å². The van der Waals surface area contributed by atoms with Crippen molar-refractivity contribution in [3.05, 3.63) is 0 Å². The molecule has 0 amide bonds. The van der Waals surface area contributed by atoms with E-state index in [9.17, 15) is 43.2 Å². The summed E-state index contributed by atoms with van der Waals surface area (Å²) in [7, 11) is -9.87. The zero-order valence-corrected chi connectivity index (χ0v) is 53.7. The lowest BCUT2D eigenvalue weighted by Gasteiger charge is -2.21. The number of aliphatic hydroxyl groups is 1. The molecular formula is C62H120O17P2. The molecule has 0 heterocycles. The van der Waals surface area contributed by atoms with Gasteiger partial charge in [0, 0.05) is 25.7 Å². The SMILES string of the molecule is CCCCCCCCCCCCCCCC(=O)OC[C@H](COP(=O)(O)OC[C@@H](O)COP(=O)(O)OC[C@@H](COC(=O)CCCCCCC)OC(=O)CCCCCCCCCC(C)C)OC(=O)CCCCCCCCCCCCCCC. The maximum atomic E-state index is 13.0. The fourth-order valence-electron chi connectivity index (χ4n) is 9.23. The average Bonchev–Trinajstić information content (AvgIpc) is 3.43. The van der Waals surface area contributed by atoms with Gasteiger partial charge in [0.05, 0.1) is 26.4 Å². The Labute approximate surface area is 492 Å². The molecule has 480 valence electrons. The third kappa shape index (κ3) is 56.9. The second kappa shape index (κ2) is 55.9. The Bertz CT molecular complexity index is 1580. The molecule has 0 rings (SSSR count). The monoisotopic (exact) mass is 1200 g/mol. The maximum Gasteiger partial charge on any atom is 0.472 e. The van der Waals surface area contributed by atoms with Crippen LogP contribution in [-0.2, 0) is 65.4 Å². The molecule has 0 aliphatic carbocycles. The van der Waals surface area contributed by atoms with Crippen molar-refractivity contribution in [2.24, 2.45) is 5.92 Å². The molecule has 17 nitrogen and oxygen atoms in total. The first-order valence-electron chi connectivity index (χ1n) is 32.6. The number of hydrogen-bond donors (Lipinski definition) is 3. The molecule has 0 saturated heterocycles. The molecule has 19 heteroatoms. The second-order valence-electron chi connectivity index (χ2n) is 22.9. The Kier molecular flexibility index (Phi) is 54.6. The minimum atomic E-state index is -4.94. The summed E-state index contributed by atoms with van der Waals surface area (Å²) in [5, 5.41) is 10.5. The van der Waals surface area contributed by atoms with Gasteiger partial charge in [-0.2, -0.15) is 0 Å². The number of ether oxygens (including phenoxy) is 4. The van der Waals surface area contributed by atoms with Crippen LogP contribution >= 0.6 is 15.6 Å². The molecule has 5 atom stereocenters. The number of esters is 4.